The van der Waals surface area contributed by atoms with Crippen molar-refractivity contribution in [3.05, 3.63) is 65.4 Å². The maximum atomic E-state index is 9.63. The smallest absolute Gasteiger partial charge is 0.212 e. The minimum absolute atomic E-state index is 0.540. The first-order valence-electron chi connectivity index (χ1n) is 9.33. The lowest BCUT2D eigenvalue weighted by Crippen LogP contribution is -2.30. The molecule has 2 aromatic carbocycles. The SMILES string of the molecule is Cc1cc2c(cc1-c1cccc[n+]1C)oc1c(C#N)cc(CC(C)C)cc12. The summed E-state index contributed by atoms with van der Waals surface area (Å²) in [4.78, 5) is 0. The van der Waals surface area contributed by atoms with E-state index in [0.29, 0.717) is 17.1 Å². The van der Waals surface area contributed by atoms with Crippen LogP contribution in [0.2, 0.25) is 0 Å². The second-order valence-corrected chi connectivity index (χ2v) is 7.69. The quantitative estimate of drug-likeness (QED) is 0.458. The fraction of sp³-hybridized carbons (Fsp3) is 0.250. The van der Waals surface area contributed by atoms with E-state index in [1.807, 2.05) is 31.4 Å². The number of nitrogens with zero attached hydrogens (tertiary/aromatic N) is 2. The highest BCUT2D eigenvalue weighted by Gasteiger charge is 2.18. The van der Waals surface area contributed by atoms with Gasteiger partial charge in [0, 0.05) is 22.9 Å². The van der Waals surface area contributed by atoms with Gasteiger partial charge in [-0.1, -0.05) is 13.8 Å². The van der Waals surface area contributed by atoms with Crippen molar-refractivity contribution in [3.63, 3.8) is 0 Å². The molecule has 0 amide bonds. The van der Waals surface area contributed by atoms with Crippen LogP contribution in [0, 0.1) is 24.2 Å². The third-order valence-corrected chi connectivity index (χ3v) is 5.07. The van der Waals surface area contributed by atoms with Gasteiger partial charge >= 0.3 is 0 Å². The summed E-state index contributed by atoms with van der Waals surface area (Å²) in [6.07, 6.45) is 3.00. The highest BCUT2D eigenvalue weighted by molar-refractivity contribution is 6.08. The predicted octanol–water partition coefficient (Wildman–Crippen LogP) is 5.46. The summed E-state index contributed by atoms with van der Waals surface area (Å²) in [7, 11) is 2.05. The van der Waals surface area contributed by atoms with Gasteiger partial charge < -0.3 is 4.42 Å². The van der Waals surface area contributed by atoms with Crippen LogP contribution in [0.1, 0.15) is 30.5 Å². The normalized spacial score (nSPS) is 11.4. The summed E-state index contributed by atoms with van der Waals surface area (Å²) in [5.41, 5.74) is 6.79. The Labute approximate surface area is 159 Å². The summed E-state index contributed by atoms with van der Waals surface area (Å²) < 4.78 is 8.27. The van der Waals surface area contributed by atoms with E-state index in [1.165, 1.54) is 11.1 Å². The van der Waals surface area contributed by atoms with Crippen LogP contribution in [0.3, 0.4) is 0 Å². The zero-order valence-electron chi connectivity index (χ0n) is 16.2. The van der Waals surface area contributed by atoms with Gasteiger partial charge in [-0.05, 0) is 60.7 Å². The van der Waals surface area contributed by atoms with Gasteiger partial charge in [-0.15, -0.1) is 0 Å². The van der Waals surface area contributed by atoms with Crippen molar-refractivity contribution in [1.29, 1.82) is 5.26 Å². The Morgan fingerprint density at radius 3 is 2.63 bits per heavy atom. The Kier molecular flexibility index (Phi) is 4.20. The van der Waals surface area contributed by atoms with Crippen LogP contribution in [0.5, 0.6) is 0 Å². The lowest BCUT2D eigenvalue weighted by molar-refractivity contribution is -0.660. The maximum absolute atomic E-state index is 9.63. The van der Waals surface area contributed by atoms with Gasteiger partial charge in [-0.3, -0.25) is 0 Å². The molecule has 0 fully saturated rings. The molecule has 0 bridgehead atoms. The number of fused-ring (bicyclic) bond motifs is 3. The first kappa shape index (κ1) is 17.3. The lowest BCUT2D eigenvalue weighted by Gasteiger charge is -2.06. The fourth-order valence-electron chi connectivity index (χ4n) is 3.84. The monoisotopic (exact) mass is 355 g/mol. The number of hydrogen-bond donors (Lipinski definition) is 0. The number of aromatic nitrogens is 1. The number of rotatable bonds is 3. The number of benzene rings is 2. The summed E-state index contributed by atoms with van der Waals surface area (Å²) >= 11 is 0. The average molecular weight is 355 g/mol. The van der Waals surface area contributed by atoms with Crippen molar-refractivity contribution in [2.45, 2.75) is 27.2 Å². The second kappa shape index (κ2) is 6.55. The minimum atomic E-state index is 0.540. The molecule has 0 N–H and O–H groups in total. The number of furan rings is 1. The first-order chi connectivity index (χ1) is 13.0. The summed E-state index contributed by atoms with van der Waals surface area (Å²) in [6, 6.07) is 16.9. The molecule has 0 saturated heterocycles. The van der Waals surface area contributed by atoms with Gasteiger partial charge in [-0.2, -0.15) is 5.26 Å². The molecule has 4 aromatic rings. The average Bonchev–Trinajstić information content (AvgIpc) is 2.98. The van der Waals surface area contributed by atoms with Crippen LogP contribution in [0.4, 0.5) is 0 Å². The van der Waals surface area contributed by atoms with E-state index in [4.69, 9.17) is 4.42 Å². The zero-order chi connectivity index (χ0) is 19.1. The molecule has 3 nitrogen and oxygen atoms in total. The van der Waals surface area contributed by atoms with Crippen LogP contribution in [-0.2, 0) is 13.5 Å². The molecule has 2 aromatic heterocycles. The van der Waals surface area contributed by atoms with Crippen molar-refractivity contribution in [2.24, 2.45) is 13.0 Å². The maximum Gasteiger partial charge on any atom is 0.212 e. The summed E-state index contributed by atoms with van der Waals surface area (Å²) in [5.74, 6) is 0.540. The Morgan fingerprint density at radius 1 is 1.11 bits per heavy atom. The molecule has 0 unspecified atom stereocenters. The Morgan fingerprint density at radius 2 is 1.93 bits per heavy atom. The van der Waals surface area contributed by atoms with Gasteiger partial charge in [0.2, 0.25) is 5.69 Å². The van der Waals surface area contributed by atoms with Crippen molar-refractivity contribution >= 4 is 21.9 Å². The van der Waals surface area contributed by atoms with Crippen molar-refractivity contribution in [2.75, 3.05) is 0 Å². The number of pyridine rings is 1. The largest absolute Gasteiger partial charge is 0.455 e. The Hall–Kier alpha value is -3.12. The summed E-state index contributed by atoms with van der Waals surface area (Å²) in [6.45, 7) is 6.52. The van der Waals surface area contributed by atoms with Crippen molar-refractivity contribution < 1.29 is 8.98 Å². The van der Waals surface area contributed by atoms with E-state index >= 15 is 0 Å². The molecule has 0 aliphatic carbocycles. The van der Waals surface area contributed by atoms with Crippen molar-refractivity contribution in [3.8, 4) is 17.3 Å². The van der Waals surface area contributed by atoms with Crippen LogP contribution in [0.15, 0.2) is 53.1 Å². The van der Waals surface area contributed by atoms with E-state index in [1.54, 1.807) is 0 Å². The molecular weight excluding hydrogens is 332 g/mol. The van der Waals surface area contributed by atoms with Crippen LogP contribution in [-0.4, -0.2) is 0 Å². The molecule has 4 rings (SSSR count). The molecule has 27 heavy (non-hydrogen) atoms. The highest BCUT2D eigenvalue weighted by atomic mass is 16.3. The van der Waals surface area contributed by atoms with Crippen LogP contribution < -0.4 is 4.57 Å². The molecule has 0 atom stereocenters. The highest BCUT2D eigenvalue weighted by Crippen LogP contribution is 2.36. The number of aryl methyl sites for hydroxylation is 2. The van der Waals surface area contributed by atoms with E-state index < -0.39 is 0 Å². The topological polar surface area (TPSA) is 40.8 Å². The van der Waals surface area contributed by atoms with E-state index in [0.717, 1.165) is 34.0 Å². The van der Waals surface area contributed by atoms with Gasteiger partial charge in [-0.25, -0.2) is 4.57 Å². The molecule has 0 saturated carbocycles. The standard InChI is InChI=1S/C24H23N2O/c1-15(2)9-17-11-18(14-25)24-21(12-17)20-10-16(3)19(13-23(20)27-24)22-7-5-6-8-26(22)4/h5-8,10-13,15H,9H2,1-4H3/q+1. The van der Waals surface area contributed by atoms with E-state index in [2.05, 4.69) is 55.7 Å². The molecular formula is C24H23N2O+. The molecule has 0 radical (unpaired) electrons. The van der Waals surface area contributed by atoms with Gasteiger partial charge in [0.25, 0.3) is 0 Å². The molecule has 0 aliphatic heterocycles. The third-order valence-electron chi connectivity index (χ3n) is 5.07. The van der Waals surface area contributed by atoms with Gasteiger partial charge in [0.05, 0.1) is 11.1 Å². The van der Waals surface area contributed by atoms with Crippen molar-refractivity contribution in [1.82, 2.24) is 0 Å². The van der Waals surface area contributed by atoms with Crippen LogP contribution >= 0.6 is 0 Å². The molecule has 134 valence electrons. The summed E-state index contributed by atoms with van der Waals surface area (Å²) in [5, 5.41) is 11.7. The number of nitriles is 1. The molecule has 3 heteroatoms. The predicted molar refractivity (Wildman–Crippen MR) is 108 cm³/mol. The van der Waals surface area contributed by atoms with Gasteiger partial charge in [0.15, 0.2) is 11.8 Å². The fourth-order valence-corrected chi connectivity index (χ4v) is 3.84. The van der Waals surface area contributed by atoms with E-state index in [-0.39, 0.29) is 0 Å². The first-order valence-corrected chi connectivity index (χ1v) is 9.33. The molecule has 0 spiro atoms. The van der Waals surface area contributed by atoms with Crippen LogP contribution in [0.25, 0.3) is 33.2 Å². The lowest BCUT2D eigenvalue weighted by atomic mass is 9.97. The molecule has 0 aliphatic rings. The second-order valence-electron chi connectivity index (χ2n) is 7.69. The molecule has 2 heterocycles. The number of hydrogen-bond acceptors (Lipinski definition) is 2. The van der Waals surface area contributed by atoms with Gasteiger partial charge in [0.1, 0.15) is 18.7 Å². The minimum Gasteiger partial charge on any atom is -0.455 e. The Bertz CT molecular complexity index is 1210. The van der Waals surface area contributed by atoms with E-state index in [9.17, 15) is 5.26 Å². The Balaban J connectivity index is 2.00. The third kappa shape index (κ3) is 2.98. The zero-order valence-corrected chi connectivity index (χ0v) is 16.2.